The summed E-state index contributed by atoms with van der Waals surface area (Å²) in [5.41, 5.74) is 0. The summed E-state index contributed by atoms with van der Waals surface area (Å²) in [6.07, 6.45) is 3.48. The molecule has 4 nitrogen and oxygen atoms in total. The Morgan fingerprint density at radius 2 is 2.25 bits per heavy atom. The first kappa shape index (κ1) is 6.84. The fourth-order valence-electron chi connectivity index (χ4n) is 0.914. The molecule has 0 bridgehead atoms. The Morgan fingerprint density at radius 1 is 1.25 bits per heavy atom. The highest BCUT2D eigenvalue weighted by atomic mass is 15.2. The van der Waals surface area contributed by atoms with Crippen LogP contribution in [0.2, 0.25) is 0 Å². The molecule has 0 spiro atoms. The van der Waals surface area contributed by atoms with E-state index in [1.165, 1.54) is 0 Å². The fraction of sp³-hybridized carbons (Fsp3) is 0. The quantitative estimate of drug-likeness (QED) is 0.700. The van der Waals surface area contributed by atoms with Crippen molar-refractivity contribution < 1.29 is 0 Å². The summed E-state index contributed by atoms with van der Waals surface area (Å²) in [5, 5.41) is 10.7. The van der Waals surface area contributed by atoms with Gasteiger partial charge >= 0.3 is 0 Å². The molecule has 2 rings (SSSR count). The smallest absolute Gasteiger partial charge is 0.154 e. The van der Waals surface area contributed by atoms with E-state index in [4.69, 9.17) is 0 Å². The summed E-state index contributed by atoms with van der Waals surface area (Å²) in [7, 11) is 0. The molecule has 2 aromatic rings. The van der Waals surface area contributed by atoms with Gasteiger partial charge < -0.3 is 10.3 Å². The second-order valence-electron chi connectivity index (χ2n) is 2.32. The molecule has 0 fully saturated rings. The van der Waals surface area contributed by atoms with Gasteiger partial charge in [-0.3, -0.25) is 0 Å². The van der Waals surface area contributed by atoms with Gasteiger partial charge in [0.25, 0.3) is 0 Å². The summed E-state index contributed by atoms with van der Waals surface area (Å²) in [6.45, 7) is 0. The van der Waals surface area contributed by atoms with E-state index < -0.39 is 0 Å². The van der Waals surface area contributed by atoms with Gasteiger partial charge in [0.05, 0.1) is 0 Å². The maximum atomic E-state index is 3.87. The molecule has 0 amide bonds. The Labute approximate surface area is 69.7 Å². The third-order valence-corrected chi connectivity index (χ3v) is 1.43. The van der Waals surface area contributed by atoms with Crippen LogP contribution in [0, 0.1) is 0 Å². The number of H-pyrrole nitrogens is 1. The van der Waals surface area contributed by atoms with Crippen molar-refractivity contribution in [3.8, 4) is 0 Å². The molecular formula is C8H8N4. The van der Waals surface area contributed by atoms with Crippen molar-refractivity contribution in [3.05, 3.63) is 36.7 Å². The van der Waals surface area contributed by atoms with Crippen LogP contribution in [0.15, 0.2) is 36.7 Å². The van der Waals surface area contributed by atoms with Crippen LogP contribution < -0.4 is 5.32 Å². The Hall–Kier alpha value is -1.84. The van der Waals surface area contributed by atoms with E-state index in [-0.39, 0.29) is 0 Å². The summed E-state index contributed by atoms with van der Waals surface area (Å²) in [6, 6.07) is 7.53. The van der Waals surface area contributed by atoms with Crippen molar-refractivity contribution in [1.82, 2.24) is 15.2 Å². The maximum absolute atomic E-state index is 3.87. The van der Waals surface area contributed by atoms with E-state index in [1.807, 2.05) is 30.5 Å². The average molecular weight is 160 g/mol. The minimum absolute atomic E-state index is 0.736. The van der Waals surface area contributed by atoms with E-state index in [0.717, 1.165) is 11.6 Å². The summed E-state index contributed by atoms with van der Waals surface area (Å²) in [5.74, 6) is 1.65. The second kappa shape index (κ2) is 3.04. The minimum atomic E-state index is 0.736. The molecule has 4 heteroatoms. The topological polar surface area (TPSA) is 53.6 Å². The Balaban J connectivity index is 2.15. The fourth-order valence-corrected chi connectivity index (χ4v) is 0.914. The molecule has 0 aliphatic carbocycles. The molecule has 0 radical (unpaired) electrons. The first-order valence-corrected chi connectivity index (χ1v) is 3.63. The number of hydrogen-bond acceptors (Lipinski definition) is 3. The zero-order valence-corrected chi connectivity index (χ0v) is 6.36. The van der Waals surface area contributed by atoms with Crippen LogP contribution in [0.25, 0.3) is 0 Å². The zero-order valence-electron chi connectivity index (χ0n) is 6.36. The lowest BCUT2D eigenvalue weighted by atomic mass is 10.5. The SMILES string of the molecule is c1cnnc(Nc2ccc[nH]2)c1. The summed E-state index contributed by atoms with van der Waals surface area (Å²) >= 11 is 0. The predicted molar refractivity (Wildman–Crippen MR) is 46.1 cm³/mol. The molecule has 0 aliphatic heterocycles. The van der Waals surface area contributed by atoms with Crippen LogP contribution in [0.5, 0.6) is 0 Å². The third-order valence-electron chi connectivity index (χ3n) is 1.43. The maximum Gasteiger partial charge on any atom is 0.154 e. The number of anilines is 2. The monoisotopic (exact) mass is 160 g/mol. The van der Waals surface area contributed by atoms with E-state index >= 15 is 0 Å². The highest BCUT2D eigenvalue weighted by molar-refractivity contribution is 5.50. The standard InChI is InChI=1S/C8H8N4/c1-3-7(9-5-1)11-8-4-2-6-10-12-8/h1-6,9H,(H,11,12). The summed E-state index contributed by atoms with van der Waals surface area (Å²) in [4.78, 5) is 3.01. The van der Waals surface area contributed by atoms with Crippen molar-refractivity contribution >= 4 is 11.6 Å². The van der Waals surface area contributed by atoms with Gasteiger partial charge in [-0.25, -0.2) is 0 Å². The normalized spacial score (nSPS) is 9.67. The van der Waals surface area contributed by atoms with Gasteiger partial charge in [-0.2, -0.15) is 5.10 Å². The van der Waals surface area contributed by atoms with Crippen LogP contribution in [-0.2, 0) is 0 Å². The van der Waals surface area contributed by atoms with Crippen molar-refractivity contribution in [2.75, 3.05) is 5.32 Å². The first-order valence-electron chi connectivity index (χ1n) is 3.63. The largest absolute Gasteiger partial charge is 0.348 e. The number of nitrogens with zero attached hydrogens (tertiary/aromatic N) is 2. The Kier molecular flexibility index (Phi) is 1.74. The van der Waals surface area contributed by atoms with Crippen LogP contribution in [0.3, 0.4) is 0 Å². The lowest BCUT2D eigenvalue weighted by molar-refractivity contribution is 1.03. The van der Waals surface area contributed by atoms with Crippen molar-refractivity contribution in [2.24, 2.45) is 0 Å². The highest BCUT2D eigenvalue weighted by Gasteiger charge is 1.93. The van der Waals surface area contributed by atoms with E-state index in [0.29, 0.717) is 0 Å². The average Bonchev–Trinajstić information content (AvgIpc) is 2.59. The van der Waals surface area contributed by atoms with E-state index in [9.17, 15) is 0 Å². The number of aromatic amines is 1. The first-order chi connectivity index (χ1) is 5.95. The molecule has 12 heavy (non-hydrogen) atoms. The Bertz CT molecular complexity index is 327. The number of rotatable bonds is 2. The van der Waals surface area contributed by atoms with Gasteiger partial charge in [0, 0.05) is 12.4 Å². The number of nitrogens with one attached hydrogen (secondary N) is 2. The zero-order chi connectivity index (χ0) is 8.23. The molecule has 2 heterocycles. The van der Waals surface area contributed by atoms with Crippen molar-refractivity contribution in [3.63, 3.8) is 0 Å². The van der Waals surface area contributed by atoms with Gasteiger partial charge in [-0.15, -0.1) is 5.10 Å². The van der Waals surface area contributed by atoms with Gasteiger partial charge in [-0.05, 0) is 24.3 Å². The molecule has 60 valence electrons. The molecule has 0 atom stereocenters. The van der Waals surface area contributed by atoms with Gasteiger partial charge in [0.15, 0.2) is 5.82 Å². The number of aromatic nitrogens is 3. The second-order valence-corrected chi connectivity index (χ2v) is 2.32. The van der Waals surface area contributed by atoms with Crippen molar-refractivity contribution in [1.29, 1.82) is 0 Å². The molecule has 0 aliphatic rings. The predicted octanol–water partition coefficient (Wildman–Crippen LogP) is 1.55. The lowest BCUT2D eigenvalue weighted by Crippen LogP contribution is -1.93. The van der Waals surface area contributed by atoms with Gasteiger partial charge in [0.2, 0.25) is 0 Å². The van der Waals surface area contributed by atoms with Gasteiger partial charge in [0.1, 0.15) is 5.82 Å². The third kappa shape index (κ3) is 1.42. The molecule has 0 saturated carbocycles. The van der Waals surface area contributed by atoms with Crippen LogP contribution >= 0.6 is 0 Å². The molecule has 2 N–H and O–H groups in total. The minimum Gasteiger partial charge on any atom is -0.348 e. The van der Waals surface area contributed by atoms with Crippen molar-refractivity contribution in [2.45, 2.75) is 0 Å². The molecule has 0 aromatic carbocycles. The van der Waals surface area contributed by atoms with E-state index in [2.05, 4.69) is 20.5 Å². The van der Waals surface area contributed by atoms with Crippen LogP contribution in [0.4, 0.5) is 11.6 Å². The number of hydrogen-bond donors (Lipinski definition) is 2. The summed E-state index contributed by atoms with van der Waals surface area (Å²) < 4.78 is 0. The Morgan fingerprint density at radius 3 is 2.92 bits per heavy atom. The molecular weight excluding hydrogens is 152 g/mol. The van der Waals surface area contributed by atoms with Gasteiger partial charge in [-0.1, -0.05) is 0 Å². The van der Waals surface area contributed by atoms with Crippen LogP contribution in [0.1, 0.15) is 0 Å². The van der Waals surface area contributed by atoms with Crippen LogP contribution in [-0.4, -0.2) is 15.2 Å². The molecule has 0 unspecified atom stereocenters. The van der Waals surface area contributed by atoms with E-state index in [1.54, 1.807) is 6.20 Å². The highest BCUT2D eigenvalue weighted by Crippen LogP contribution is 2.08. The molecule has 2 aromatic heterocycles. The lowest BCUT2D eigenvalue weighted by Gasteiger charge is -1.99. The molecule has 0 saturated heterocycles.